The smallest absolute Gasteiger partial charge is 0.338 e. The molecule has 2 aromatic carbocycles. The van der Waals surface area contributed by atoms with Gasteiger partial charge < -0.3 is 19.1 Å². The van der Waals surface area contributed by atoms with Crippen LogP contribution in [0.5, 0.6) is 11.5 Å². The molecule has 11 heteroatoms. The molecule has 2 aliphatic rings. The molecule has 0 saturated carbocycles. The van der Waals surface area contributed by atoms with Gasteiger partial charge in [-0.15, -0.1) is 0 Å². The number of thiazole rings is 1. The lowest BCUT2D eigenvalue weighted by atomic mass is 9.95. The average molecular weight is 646 g/mol. The van der Waals surface area contributed by atoms with Gasteiger partial charge in [-0.1, -0.05) is 68.2 Å². The number of anilines is 1. The molecule has 242 valence electrons. The fourth-order valence-corrected chi connectivity index (χ4v) is 7.09. The van der Waals surface area contributed by atoms with Gasteiger partial charge in [-0.2, -0.15) is 0 Å². The van der Waals surface area contributed by atoms with E-state index in [0.717, 1.165) is 49.1 Å². The van der Waals surface area contributed by atoms with Gasteiger partial charge in [0.1, 0.15) is 4.53 Å². The maximum absolute atomic E-state index is 14.5. The third kappa shape index (κ3) is 6.28. The Labute approximate surface area is 271 Å². The Hall–Kier alpha value is -4.51. The molecule has 1 atom stereocenters. The average Bonchev–Trinajstić information content (AvgIpc) is 3.49. The first-order valence-corrected chi connectivity index (χ1v) is 16.6. The number of unbranched alkanes of at least 4 members (excludes halogenated alkanes) is 4. The van der Waals surface area contributed by atoms with Crippen LogP contribution in [0.2, 0.25) is 0 Å². The lowest BCUT2D eigenvalue weighted by Gasteiger charge is -2.25. The molecule has 0 bridgehead atoms. The quantitative estimate of drug-likeness (QED) is 0.158. The molecule has 46 heavy (non-hydrogen) atoms. The number of benzene rings is 2. The minimum Gasteiger partial charge on any atom is -0.490 e. The zero-order chi connectivity index (χ0) is 33.0. The number of hydrogen-bond donors (Lipinski definition) is 0. The summed E-state index contributed by atoms with van der Waals surface area (Å²) in [6.45, 7) is 9.65. The topological polar surface area (TPSA) is 117 Å². The van der Waals surface area contributed by atoms with E-state index in [1.165, 1.54) is 11.5 Å². The second-order valence-corrected chi connectivity index (χ2v) is 12.1. The van der Waals surface area contributed by atoms with E-state index in [9.17, 15) is 19.2 Å². The van der Waals surface area contributed by atoms with Crippen molar-refractivity contribution in [1.82, 2.24) is 4.57 Å². The lowest BCUT2D eigenvalue weighted by Crippen LogP contribution is -2.41. The highest BCUT2D eigenvalue weighted by Gasteiger charge is 2.37. The highest BCUT2D eigenvalue weighted by molar-refractivity contribution is 7.07. The summed E-state index contributed by atoms with van der Waals surface area (Å²) >= 11 is 1.13. The molecule has 1 aromatic heterocycles. The van der Waals surface area contributed by atoms with Crippen molar-refractivity contribution in [3.05, 3.63) is 84.5 Å². The van der Waals surface area contributed by atoms with E-state index in [0.29, 0.717) is 40.4 Å². The molecule has 3 aromatic rings. The molecule has 0 unspecified atom stereocenters. The first-order chi connectivity index (χ1) is 22.2. The minimum absolute atomic E-state index is 0.131. The monoisotopic (exact) mass is 645 g/mol. The Morgan fingerprint density at radius 1 is 0.957 bits per heavy atom. The largest absolute Gasteiger partial charge is 0.490 e. The summed E-state index contributed by atoms with van der Waals surface area (Å²) in [6, 6.07) is 11.5. The Bertz CT molecular complexity index is 1890. The first-order valence-electron chi connectivity index (χ1n) is 15.8. The van der Waals surface area contributed by atoms with Gasteiger partial charge >= 0.3 is 11.9 Å². The molecule has 0 spiro atoms. The van der Waals surface area contributed by atoms with Gasteiger partial charge in [-0.05, 0) is 51.0 Å². The summed E-state index contributed by atoms with van der Waals surface area (Å²) in [5, 5.41) is 0. The molecule has 0 N–H and O–H groups in total. The van der Waals surface area contributed by atoms with E-state index in [-0.39, 0.29) is 34.1 Å². The first kappa shape index (κ1) is 32.9. The van der Waals surface area contributed by atoms with Crippen LogP contribution in [0.15, 0.2) is 63.5 Å². The fourth-order valence-electron chi connectivity index (χ4n) is 5.95. The molecular formula is C35H39N3O7S. The van der Waals surface area contributed by atoms with Crippen molar-refractivity contribution in [3.63, 3.8) is 0 Å². The molecule has 1 amide bonds. The van der Waals surface area contributed by atoms with Crippen LogP contribution in [0.3, 0.4) is 0 Å². The highest BCUT2D eigenvalue weighted by atomic mass is 32.1. The zero-order valence-electron chi connectivity index (χ0n) is 26.9. The summed E-state index contributed by atoms with van der Waals surface area (Å²) in [5.74, 6) is -0.835. The van der Waals surface area contributed by atoms with Gasteiger partial charge in [-0.25, -0.2) is 9.79 Å². The lowest BCUT2D eigenvalue weighted by molar-refractivity contribution is -0.139. The van der Waals surface area contributed by atoms with Crippen LogP contribution in [-0.4, -0.2) is 42.2 Å². The van der Waals surface area contributed by atoms with Crippen LogP contribution in [0, 0.1) is 0 Å². The Kier molecular flexibility index (Phi) is 10.2. The van der Waals surface area contributed by atoms with E-state index in [1.54, 1.807) is 43.9 Å². The van der Waals surface area contributed by atoms with Crippen LogP contribution >= 0.6 is 11.3 Å². The third-order valence-electron chi connectivity index (χ3n) is 7.97. The number of rotatable bonds is 12. The van der Waals surface area contributed by atoms with Crippen molar-refractivity contribution in [2.24, 2.45) is 4.99 Å². The van der Waals surface area contributed by atoms with Gasteiger partial charge in [0, 0.05) is 19.0 Å². The standard InChI is InChI=1S/C35H39N3O7S/c1-6-9-10-11-14-19-37-25-16-13-12-15-24(25)29(32(37)40)31-33(41)38-30(28(34(42)44-8-3)21(4)36-35(38)46-31)23-17-18-26(45-22(5)39)27(20-23)43-7-2/h12-13,15-18,20,30H,6-11,14,19H2,1-5H3/b31-29-/t30-/m1/s1. The highest BCUT2D eigenvalue weighted by Crippen LogP contribution is 2.38. The number of fused-ring (bicyclic) bond motifs is 2. The van der Waals surface area contributed by atoms with Gasteiger partial charge in [0.15, 0.2) is 16.3 Å². The normalized spacial score (nSPS) is 16.6. The van der Waals surface area contributed by atoms with Gasteiger partial charge in [-0.3, -0.25) is 19.0 Å². The van der Waals surface area contributed by atoms with Crippen molar-refractivity contribution >= 4 is 40.4 Å². The van der Waals surface area contributed by atoms with E-state index in [1.807, 2.05) is 24.3 Å². The molecule has 0 fully saturated rings. The summed E-state index contributed by atoms with van der Waals surface area (Å²) in [5.41, 5.74) is 2.51. The van der Waals surface area contributed by atoms with E-state index < -0.39 is 23.5 Å². The van der Waals surface area contributed by atoms with E-state index >= 15 is 0 Å². The number of amides is 1. The predicted octanol–water partition coefficient (Wildman–Crippen LogP) is 4.81. The Morgan fingerprint density at radius 2 is 1.72 bits per heavy atom. The predicted molar refractivity (Wildman–Crippen MR) is 176 cm³/mol. The van der Waals surface area contributed by atoms with Crippen LogP contribution < -0.4 is 29.3 Å². The number of allylic oxidation sites excluding steroid dienone is 1. The molecule has 0 saturated heterocycles. The van der Waals surface area contributed by atoms with Gasteiger partial charge in [0.25, 0.3) is 11.5 Å². The number of para-hydroxylation sites is 1. The number of aromatic nitrogens is 1. The number of ether oxygens (including phenoxy) is 3. The van der Waals surface area contributed by atoms with Crippen LogP contribution in [0.25, 0.3) is 5.57 Å². The molecule has 0 radical (unpaired) electrons. The SMILES string of the molecule is CCCCCCCN1C(=O)/C(=c2\sc3n(c2=O)[C@H](c2ccc(OC(C)=O)c(OCC)c2)C(C(=O)OCC)=C(C)N=3)c2ccccc21. The second kappa shape index (κ2) is 14.3. The summed E-state index contributed by atoms with van der Waals surface area (Å²) in [7, 11) is 0. The third-order valence-corrected chi connectivity index (χ3v) is 9.02. The number of hydrogen-bond acceptors (Lipinski definition) is 9. The van der Waals surface area contributed by atoms with Crippen molar-refractivity contribution < 1.29 is 28.6 Å². The second-order valence-electron chi connectivity index (χ2n) is 11.1. The van der Waals surface area contributed by atoms with Crippen LogP contribution in [-0.2, 0) is 19.1 Å². The van der Waals surface area contributed by atoms with Crippen LogP contribution in [0.4, 0.5) is 5.69 Å². The van der Waals surface area contributed by atoms with Crippen molar-refractivity contribution in [1.29, 1.82) is 0 Å². The molecule has 10 nitrogen and oxygen atoms in total. The summed E-state index contributed by atoms with van der Waals surface area (Å²) in [4.78, 5) is 60.5. The van der Waals surface area contributed by atoms with E-state index in [2.05, 4.69) is 11.9 Å². The summed E-state index contributed by atoms with van der Waals surface area (Å²) < 4.78 is 18.3. The van der Waals surface area contributed by atoms with E-state index in [4.69, 9.17) is 14.2 Å². The maximum atomic E-state index is 14.5. The molecule has 2 aliphatic heterocycles. The summed E-state index contributed by atoms with van der Waals surface area (Å²) in [6.07, 6.45) is 5.29. The number of nitrogens with zero attached hydrogens (tertiary/aromatic N) is 3. The molecular weight excluding hydrogens is 606 g/mol. The number of esters is 2. The van der Waals surface area contributed by atoms with Gasteiger partial charge in [0.2, 0.25) is 0 Å². The molecule has 0 aliphatic carbocycles. The van der Waals surface area contributed by atoms with Gasteiger partial charge in [0.05, 0.1) is 41.8 Å². The Balaban J connectivity index is 1.69. The fraction of sp³-hybridized carbons (Fsp3) is 0.400. The minimum atomic E-state index is -0.934. The van der Waals surface area contributed by atoms with Crippen molar-refractivity contribution in [3.8, 4) is 11.5 Å². The zero-order valence-corrected chi connectivity index (χ0v) is 27.7. The number of carbonyl (C=O) groups excluding carboxylic acids is 3. The Morgan fingerprint density at radius 3 is 2.43 bits per heavy atom. The molecule has 3 heterocycles. The number of carbonyl (C=O) groups is 3. The van der Waals surface area contributed by atoms with Crippen LogP contribution in [0.1, 0.15) is 83.9 Å². The van der Waals surface area contributed by atoms with Crippen molar-refractivity contribution in [2.45, 2.75) is 72.8 Å². The van der Waals surface area contributed by atoms with Crippen molar-refractivity contribution in [2.75, 3.05) is 24.7 Å². The molecule has 5 rings (SSSR count). The maximum Gasteiger partial charge on any atom is 0.338 e.